The Hall–Kier alpha value is -2.73. The Kier molecular flexibility index (Phi) is 4.42. The number of hydrogen-bond donors (Lipinski definition) is 0. The van der Waals surface area contributed by atoms with Crippen LogP contribution in [0.5, 0.6) is 5.75 Å². The Morgan fingerprint density at radius 3 is 2.85 bits per heavy atom. The summed E-state index contributed by atoms with van der Waals surface area (Å²) in [6, 6.07) is 9.43. The first-order valence-electron chi connectivity index (χ1n) is 8.41. The zero-order valence-corrected chi connectivity index (χ0v) is 15.3. The van der Waals surface area contributed by atoms with Crippen molar-refractivity contribution >= 4 is 17.4 Å². The second kappa shape index (κ2) is 6.88. The van der Waals surface area contributed by atoms with Gasteiger partial charge in [0.15, 0.2) is 5.82 Å². The van der Waals surface area contributed by atoms with Crippen molar-refractivity contribution in [3.63, 3.8) is 0 Å². The maximum absolute atomic E-state index is 6.14. The van der Waals surface area contributed by atoms with E-state index in [4.69, 9.17) is 21.3 Å². The maximum atomic E-state index is 6.14. The van der Waals surface area contributed by atoms with Gasteiger partial charge in [0.2, 0.25) is 0 Å². The van der Waals surface area contributed by atoms with Crippen LogP contribution in [0, 0.1) is 0 Å². The van der Waals surface area contributed by atoms with Gasteiger partial charge in [-0.2, -0.15) is 0 Å². The predicted octanol–water partition coefficient (Wildman–Crippen LogP) is 3.72. The standard InChI is InChI=1S/C19H18ClN5O/c1-12-14-11-22-19(16-5-3-4-7-21-16)23-15(14)6-8-25(12)18-10-13(26-2)9-17(20)24-18/h3-5,7,9-12H,6,8H2,1-2H3. The second-order valence-corrected chi connectivity index (χ2v) is 6.51. The molecule has 0 N–H and O–H groups in total. The van der Waals surface area contributed by atoms with Crippen LogP contribution in [-0.4, -0.2) is 33.6 Å². The summed E-state index contributed by atoms with van der Waals surface area (Å²) in [5.41, 5.74) is 2.93. The molecule has 0 aromatic carbocycles. The van der Waals surface area contributed by atoms with Gasteiger partial charge in [-0.3, -0.25) is 4.98 Å². The van der Waals surface area contributed by atoms with Crippen LogP contribution in [0.3, 0.4) is 0 Å². The van der Waals surface area contributed by atoms with Gasteiger partial charge in [0.1, 0.15) is 22.4 Å². The molecule has 1 aliphatic heterocycles. The van der Waals surface area contributed by atoms with Crippen molar-refractivity contribution < 1.29 is 4.74 Å². The first-order valence-corrected chi connectivity index (χ1v) is 8.79. The molecule has 0 spiro atoms. The monoisotopic (exact) mass is 367 g/mol. The average Bonchev–Trinajstić information content (AvgIpc) is 2.68. The number of ether oxygens (including phenoxy) is 1. The molecule has 26 heavy (non-hydrogen) atoms. The third-order valence-corrected chi connectivity index (χ3v) is 4.78. The van der Waals surface area contributed by atoms with Crippen LogP contribution in [-0.2, 0) is 6.42 Å². The van der Waals surface area contributed by atoms with E-state index in [-0.39, 0.29) is 6.04 Å². The first-order chi connectivity index (χ1) is 12.7. The fraction of sp³-hybridized carbons (Fsp3) is 0.263. The highest BCUT2D eigenvalue weighted by atomic mass is 35.5. The van der Waals surface area contributed by atoms with E-state index in [2.05, 4.69) is 26.8 Å². The highest BCUT2D eigenvalue weighted by Gasteiger charge is 2.27. The van der Waals surface area contributed by atoms with Gasteiger partial charge in [-0.05, 0) is 19.1 Å². The molecule has 6 nitrogen and oxygen atoms in total. The van der Waals surface area contributed by atoms with Gasteiger partial charge in [0, 0.05) is 43.1 Å². The highest BCUT2D eigenvalue weighted by molar-refractivity contribution is 6.29. The fourth-order valence-corrected chi connectivity index (χ4v) is 3.41. The van der Waals surface area contributed by atoms with E-state index < -0.39 is 0 Å². The van der Waals surface area contributed by atoms with Crippen molar-refractivity contribution in [2.75, 3.05) is 18.6 Å². The van der Waals surface area contributed by atoms with Crippen molar-refractivity contribution in [2.24, 2.45) is 0 Å². The van der Waals surface area contributed by atoms with E-state index >= 15 is 0 Å². The van der Waals surface area contributed by atoms with Crippen molar-refractivity contribution in [3.8, 4) is 17.3 Å². The topological polar surface area (TPSA) is 64.0 Å². The van der Waals surface area contributed by atoms with Gasteiger partial charge in [0.25, 0.3) is 0 Å². The van der Waals surface area contributed by atoms with Crippen LogP contribution in [0.15, 0.2) is 42.7 Å². The van der Waals surface area contributed by atoms with Crippen LogP contribution >= 0.6 is 11.6 Å². The number of hydrogen-bond acceptors (Lipinski definition) is 6. The summed E-state index contributed by atoms with van der Waals surface area (Å²) in [6.45, 7) is 2.92. The molecule has 132 valence electrons. The predicted molar refractivity (Wildman–Crippen MR) is 101 cm³/mol. The van der Waals surface area contributed by atoms with Crippen LogP contribution in [0.25, 0.3) is 11.5 Å². The maximum Gasteiger partial charge on any atom is 0.178 e. The Morgan fingerprint density at radius 2 is 2.08 bits per heavy atom. The number of fused-ring (bicyclic) bond motifs is 1. The molecular weight excluding hydrogens is 350 g/mol. The summed E-state index contributed by atoms with van der Waals surface area (Å²) in [7, 11) is 1.62. The summed E-state index contributed by atoms with van der Waals surface area (Å²) in [6.07, 6.45) is 4.45. The van der Waals surface area contributed by atoms with Gasteiger partial charge in [0.05, 0.1) is 18.8 Å². The molecule has 0 radical (unpaired) electrons. The Bertz CT molecular complexity index is 934. The van der Waals surface area contributed by atoms with Crippen LogP contribution in [0.4, 0.5) is 5.82 Å². The van der Waals surface area contributed by atoms with E-state index in [1.165, 1.54) is 0 Å². The van der Waals surface area contributed by atoms with Gasteiger partial charge >= 0.3 is 0 Å². The van der Waals surface area contributed by atoms with E-state index in [0.29, 0.717) is 16.7 Å². The average molecular weight is 368 g/mol. The SMILES string of the molecule is COc1cc(Cl)nc(N2CCc3nc(-c4ccccn4)ncc3C2C)c1. The molecule has 3 aromatic rings. The fourth-order valence-electron chi connectivity index (χ4n) is 3.22. The molecule has 0 saturated heterocycles. The second-order valence-electron chi connectivity index (χ2n) is 6.12. The molecule has 0 amide bonds. The number of halogens is 1. The lowest BCUT2D eigenvalue weighted by Gasteiger charge is -2.35. The van der Waals surface area contributed by atoms with Crippen molar-refractivity contribution in [1.82, 2.24) is 19.9 Å². The largest absolute Gasteiger partial charge is 0.497 e. The van der Waals surface area contributed by atoms with Crippen LogP contribution in [0.1, 0.15) is 24.2 Å². The molecule has 1 unspecified atom stereocenters. The van der Waals surface area contributed by atoms with Gasteiger partial charge < -0.3 is 9.64 Å². The third-order valence-electron chi connectivity index (χ3n) is 4.59. The zero-order valence-electron chi connectivity index (χ0n) is 14.6. The normalized spacial score (nSPS) is 16.3. The number of nitrogens with zero attached hydrogens (tertiary/aromatic N) is 5. The molecular formula is C19H18ClN5O. The van der Waals surface area contributed by atoms with Gasteiger partial charge in [-0.15, -0.1) is 0 Å². The Morgan fingerprint density at radius 1 is 1.19 bits per heavy atom. The van der Waals surface area contributed by atoms with Crippen LogP contribution < -0.4 is 9.64 Å². The minimum Gasteiger partial charge on any atom is -0.497 e. The lowest BCUT2D eigenvalue weighted by Crippen LogP contribution is -2.35. The summed E-state index contributed by atoms with van der Waals surface area (Å²) < 4.78 is 5.31. The number of aromatic nitrogens is 4. The molecule has 4 rings (SSSR count). The molecule has 1 atom stereocenters. The lowest BCUT2D eigenvalue weighted by molar-refractivity contribution is 0.414. The number of rotatable bonds is 3. The third kappa shape index (κ3) is 3.08. The zero-order chi connectivity index (χ0) is 18.1. The lowest BCUT2D eigenvalue weighted by atomic mass is 9.99. The van der Waals surface area contributed by atoms with E-state index in [9.17, 15) is 0 Å². The molecule has 0 bridgehead atoms. The van der Waals surface area contributed by atoms with E-state index in [0.717, 1.165) is 35.7 Å². The number of methoxy groups -OCH3 is 1. The molecule has 0 saturated carbocycles. The minimum atomic E-state index is 0.0900. The van der Waals surface area contributed by atoms with Crippen molar-refractivity contribution in [2.45, 2.75) is 19.4 Å². The van der Waals surface area contributed by atoms with Gasteiger partial charge in [-0.25, -0.2) is 15.0 Å². The Balaban J connectivity index is 1.67. The number of anilines is 1. The molecule has 7 heteroatoms. The molecule has 0 fully saturated rings. The summed E-state index contributed by atoms with van der Waals surface area (Å²) in [4.78, 5) is 20.2. The minimum absolute atomic E-state index is 0.0900. The smallest absolute Gasteiger partial charge is 0.178 e. The molecule has 1 aliphatic rings. The van der Waals surface area contributed by atoms with Crippen LogP contribution in [0.2, 0.25) is 5.15 Å². The van der Waals surface area contributed by atoms with E-state index in [1.54, 1.807) is 19.4 Å². The van der Waals surface area contributed by atoms with Crippen molar-refractivity contribution in [3.05, 3.63) is 59.1 Å². The summed E-state index contributed by atoms with van der Waals surface area (Å²) in [5.74, 6) is 2.15. The number of pyridine rings is 2. The molecule has 4 heterocycles. The first kappa shape index (κ1) is 16.7. The van der Waals surface area contributed by atoms with Gasteiger partial charge in [-0.1, -0.05) is 17.7 Å². The van der Waals surface area contributed by atoms with E-state index in [1.807, 2.05) is 30.5 Å². The Labute approximate surface area is 156 Å². The summed E-state index contributed by atoms with van der Waals surface area (Å²) in [5, 5.41) is 0.416. The quantitative estimate of drug-likeness (QED) is 0.657. The summed E-state index contributed by atoms with van der Waals surface area (Å²) >= 11 is 6.14. The van der Waals surface area contributed by atoms with Crippen molar-refractivity contribution in [1.29, 1.82) is 0 Å². The highest BCUT2D eigenvalue weighted by Crippen LogP contribution is 2.34. The molecule has 0 aliphatic carbocycles. The molecule has 3 aromatic heterocycles.